The first kappa shape index (κ1) is 15.0. The summed E-state index contributed by atoms with van der Waals surface area (Å²) in [5.74, 6) is 0. The Morgan fingerprint density at radius 3 is 2.22 bits per heavy atom. The minimum Gasteiger partial charge on any atom is -0.390 e. The molecule has 0 unspecified atom stereocenters. The van der Waals surface area contributed by atoms with E-state index in [4.69, 9.17) is 5.73 Å². The normalized spacial score (nSPS) is 11.6. The van der Waals surface area contributed by atoms with Crippen LogP contribution < -0.4 is 10.6 Å². The molecule has 0 aliphatic carbocycles. The van der Waals surface area contributed by atoms with Crippen molar-refractivity contribution in [3.63, 3.8) is 0 Å². The van der Waals surface area contributed by atoms with Crippen LogP contribution in [0, 0.1) is 0 Å². The summed E-state index contributed by atoms with van der Waals surface area (Å²) < 4.78 is 0. The lowest BCUT2D eigenvalue weighted by Gasteiger charge is -2.28. The van der Waals surface area contributed by atoms with Crippen LogP contribution in [0.3, 0.4) is 0 Å². The molecule has 102 valence electrons. The van der Waals surface area contributed by atoms with Gasteiger partial charge in [-0.2, -0.15) is 0 Å². The van der Waals surface area contributed by atoms with E-state index in [1.807, 2.05) is 13.8 Å². The van der Waals surface area contributed by atoms with Crippen LogP contribution in [0.2, 0.25) is 0 Å². The average Bonchev–Trinajstić information content (AvgIpc) is 2.33. The van der Waals surface area contributed by atoms with E-state index < -0.39 is 5.60 Å². The fraction of sp³-hybridized carbons (Fsp3) is 0.600. The van der Waals surface area contributed by atoms with Crippen molar-refractivity contribution in [2.45, 2.75) is 45.8 Å². The zero-order chi connectivity index (χ0) is 13.6. The van der Waals surface area contributed by atoms with Gasteiger partial charge in [0.1, 0.15) is 0 Å². The summed E-state index contributed by atoms with van der Waals surface area (Å²) in [7, 11) is 0. The highest BCUT2D eigenvalue weighted by Crippen LogP contribution is 2.18. The van der Waals surface area contributed by atoms with Crippen LogP contribution in [-0.4, -0.2) is 23.8 Å². The molecule has 1 aromatic carbocycles. The zero-order valence-corrected chi connectivity index (χ0v) is 11.8. The molecule has 0 saturated heterocycles. The number of aliphatic hydroxyl groups is 1. The number of benzene rings is 1. The molecule has 3 N–H and O–H groups in total. The second kappa shape index (κ2) is 6.76. The average molecular weight is 250 g/mol. The molecule has 0 heterocycles. The fourth-order valence-corrected chi connectivity index (χ4v) is 1.89. The Hall–Kier alpha value is -1.06. The van der Waals surface area contributed by atoms with Gasteiger partial charge in [-0.05, 0) is 44.4 Å². The van der Waals surface area contributed by atoms with Crippen LogP contribution in [0.5, 0.6) is 0 Å². The highest BCUT2D eigenvalue weighted by molar-refractivity contribution is 5.47. The number of hydrogen-bond acceptors (Lipinski definition) is 3. The lowest BCUT2D eigenvalue weighted by Crippen LogP contribution is -2.31. The second-order valence-electron chi connectivity index (χ2n) is 5.42. The minimum atomic E-state index is -0.608. The first-order valence-corrected chi connectivity index (χ1v) is 6.72. The van der Waals surface area contributed by atoms with Gasteiger partial charge in [0.25, 0.3) is 0 Å². The Balaban J connectivity index is 2.70. The molecule has 1 aromatic rings. The van der Waals surface area contributed by atoms with E-state index in [9.17, 15) is 5.11 Å². The van der Waals surface area contributed by atoms with Crippen LogP contribution in [-0.2, 0) is 6.54 Å². The van der Waals surface area contributed by atoms with E-state index in [1.54, 1.807) is 0 Å². The highest BCUT2D eigenvalue weighted by Gasteiger charge is 2.15. The van der Waals surface area contributed by atoms with Crippen LogP contribution in [0.15, 0.2) is 24.3 Å². The molecule has 3 nitrogen and oxygen atoms in total. The molecule has 0 spiro atoms. The molecule has 0 amide bonds. The maximum atomic E-state index is 9.82. The minimum absolute atomic E-state index is 0.581. The summed E-state index contributed by atoms with van der Waals surface area (Å²) >= 11 is 0. The zero-order valence-electron chi connectivity index (χ0n) is 11.8. The van der Waals surface area contributed by atoms with E-state index in [-0.39, 0.29) is 0 Å². The third-order valence-electron chi connectivity index (χ3n) is 3.02. The Bertz CT molecular complexity index is 341. The first-order valence-electron chi connectivity index (χ1n) is 6.72. The summed E-state index contributed by atoms with van der Waals surface area (Å²) in [6, 6.07) is 8.37. The third-order valence-corrected chi connectivity index (χ3v) is 3.02. The van der Waals surface area contributed by atoms with E-state index in [1.165, 1.54) is 5.69 Å². The van der Waals surface area contributed by atoms with Gasteiger partial charge in [-0.15, -0.1) is 0 Å². The standard InChI is InChI=1S/C15H26N2O/c1-4-10-17(11-9-15(2,3)18)14-7-5-13(12-16)6-8-14/h5-8,18H,4,9-12,16H2,1-3H3. The van der Waals surface area contributed by atoms with Crippen LogP contribution >= 0.6 is 0 Å². The molecule has 0 aromatic heterocycles. The lowest BCUT2D eigenvalue weighted by atomic mass is 10.0. The molecular weight excluding hydrogens is 224 g/mol. The smallest absolute Gasteiger partial charge is 0.0608 e. The quantitative estimate of drug-likeness (QED) is 0.782. The van der Waals surface area contributed by atoms with Crippen molar-refractivity contribution in [2.24, 2.45) is 5.73 Å². The van der Waals surface area contributed by atoms with Crippen LogP contribution in [0.25, 0.3) is 0 Å². The van der Waals surface area contributed by atoms with Crippen molar-refractivity contribution < 1.29 is 5.11 Å². The summed E-state index contributed by atoms with van der Waals surface area (Å²) in [4.78, 5) is 2.32. The van der Waals surface area contributed by atoms with Crippen LogP contribution in [0.4, 0.5) is 5.69 Å². The monoisotopic (exact) mass is 250 g/mol. The van der Waals surface area contributed by atoms with Gasteiger partial charge >= 0.3 is 0 Å². The lowest BCUT2D eigenvalue weighted by molar-refractivity contribution is 0.0731. The molecule has 0 fully saturated rings. The number of hydrogen-bond donors (Lipinski definition) is 2. The van der Waals surface area contributed by atoms with Gasteiger partial charge in [0.05, 0.1) is 5.60 Å². The Morgan fingerprint density at radius 2 is 1.78 bits per heavy atom. The first-order chi connectivity index (χ1) is 8.46. The van der Waals surface area contributed by atoms with Crippen molar-refractivity contribution >= 4 is 5.69 Å². The predicted molar refractivity (Wildman–Crippen MR) is 77.8 cm³/mol. The molecule has 1 rings (SSSR count). The van der Waals surface area contributed by atoms with Gasteiger partial charge < -0.3 is 15.7 Å². The summed E-state index contributed by atoms with van der Waals surface area (Å²) in [5.41, 5.74) is 7.35. The molecule has 18 heavy (non-hydrogen) atoms. The fourth-order valence-electron chi connectivity index (χ4n) is 1.89. The van der Waals surface area contributed by atoms with Crippen molar-refractivity contribution in [3.8, 4) is 0 Å². The summed E-state index contributed by atoms with van der Waals surface area (Å²) in [5, 5.41) is 9.82. The van der Waals surface area contributed by atoms with E-state index in [2.05, 4.69) is 36.1 Å². The van der Waals surface area contributed by atoms with Gasteiger partial charge in [0, 0.05) is 25.3 Å². The topological polar surface area (TPSA) is 49.5 Å². The highest BCUT2D eigenvalue weighted by atomic mass is 16.3. The molecule has 0 aliphatic heterocycles. The van der Waals surface area contributed by atoms with Gasteiger partial charge in [0.2, 0.25) is 0 Å². The third kappa shape index (κ3) is 5.07. The molecule has 0 aliphatic rings. The molecule has 0 radical (unpaired) electrons. The molecular formula is C15H26N2O. The van der Waals surface area contributed by atoms with E-state index in [0.29, 0.717) is 6.54 Å². The van der Waals surface area contributed by atoms with Gasteiger partial charge in [-0.25, -0.2) is 0 Å². The number of anilines is 1. The summed E-state index contributed by atoms with van der Waals surface area (Å²) in [6.07, 6.45) is 1.87. The van der Waals surface area contributed by atoms with Gasteiger partial charge in [-0.1, -0.05) is 19.1 Å². The Labute approximate surface area is 111 Å². The van der Waals surface area contributed by atoms with Crippen molar-refractivity contribution in [3.05, 3.63) is 29.8 Å². The van der Waals surface area contributed by atoms with Gasteiger partial charge in [0.15, 0.2) is 0 Å². The molecule has 3 heteroatoms. The van der Waals surface area contributed by atoms with Gasteiger partial charge in [-0.3, -0.25) is 0 Å². The number of nitrogens with zero attached hydrogens (tertiary/aromatic N) is 1. The maximum Gasteiger partial charge on any atom is 0.0608 e. The molecule has 0 atom stereocenters. The summed E-state index contributed by atoms with van der Waals surface area (Å²) in [6.45, 7) is 8.35. The number of nitrogens with two attached hydrogens (primary N) is 1. The molecule has 0 bridgehead atoms. The predicted octanol–water partition coefficient (Wildman–Crippen LogP) is 2.52. The Kier molecular flexibility index (Phi) is 5.63. The molecule has 0 saturated carbocycles. The van der Waals surface area contributed by atoms with Crippen molar-refractivity contribution in [1.29, 1.82) is 0 Å². The number of rotatable bonds is 7. The maximum absolute atomic E-state index is 9.82. The largest absolute Gasteiger partial charge is 0.390 e. The Morgan fingerprint density at radius 1 is 1.17 bits per heavy atom. The van der Waals surface area contributed by atoms with Crippen LogP contribution in [0.1, 0.15) is 39.2 Å². The SMILES string of the molecule is CCCN(CCC(C)(C)O)c1ccc(CN)cc1. The van der Waals surface area contributed by atoms with Crippen molar-refractivity contribution in [2.75, 3.05) is 18.0 Å². The van der Waals surface area contributed by atoms with Crippen molar-refractivity contribution in [1.82, 2.24) is 0 Å². The second-order valence-corrected chi connectivity index (χ2v) is 5.42. The van der Waals surface area contributed by atoms with E-state index in [0.717, 1.165) is 31.5 Å². The van der Waals surface area contributed by atoms with E-state index >= 15 is 0 Å².